The van der Waals surface area contributed by atoms with Gasteiger partial charge in [-0.25, -0.2) is 19.9 Å². The van der Waals surface area contributed by atoms with Crippen LogP contribution in [0.1, 0.15) is 89.0 Å². The molecule has 0 aliphatic heterocycles. The topological polar surface area (TPSA) is 172 Å². The molecular weight excluding hydrogens is 1710 g/mol. The molecule has 8 aliphatic rings. The first-order valence-corrected chi connectivity index (χ1v) is 48.1. The van der Waals surface area contributed by atoms with Gasteiger partial charge in [-0.05, 0) is 354 Å². The Bertz CT molecular complexity index is 10700. The van der Waals surface area contributed by atoms with Crippen molar-refractivity contribution >= 4 is 153 Å². The molecule has 16 heteroatoms. The highest BCUT2D eigenvalue weighted by atomic mass is 15.1. The molecule has 16 heterocycles. The molecule has 0 fully saturated rings. The van der Waals surface area contributed by atoms with E-state index < -0.39 is 0 Å². The average molecular weight is 1790 g/mol. The number of aromatic nitrogens is 16. The van der Waals surface area contributed by atoms with Gasteiger partial charge in [0.25, 0.3) is 0 Å². The number of rotatable bonds is 0. The summed E-state index contributed by atoms with van der Waals surface area (Å²) in [7, 11) is 0. The smallest absolute Gasteiger partial charge is 0.146 e. The summed E-state index contributed by atoms with van der Waals surface area (Å²) < 4.78 is 8.87. The fourth-order valence-corrected chi connectivity index (χ4v) is 26.0. The van der Waals surface area contributed by atoms with Crippen molar-refractivity contribution < 1.29 is 0 Å². The largest absolute Gasteiger partial charge is 0.289 e. The maximum Gasteiger partial charge on any atom is 0.146 e. The summed E-state index contributed by atoms with van der Waals surface area (Å²) in [5.41, 5.74) is 61.2. The molecule has 0 N–H and O–H groups in total. The Labute approximate surface area is 796 Å². The molecule has 0 saturated carbocycles. The zero-order valence-corrected chi connectivity index (χ0v) is 75.1. The Morgan fingerprint density at radius 3 is 0.871 bits per heavy atom. The van der Waals surface area contributed by atoms with E-state index in [9.17, 15) is 0 Å². The van der Waals surface area contributed by atoms with Crippen molar-refractivity contribution in [1.82, 2.24) is 77.4 Å². The van der Waals surface area contributed by atoms with Gasteiger partial charge in [0.15, 0.2) is 0 Å². The zero-order valence-electron chi connectivity index (χ0n) is 75.1. The number of benzene rings is 12. The fourth-order valence-electron chi connectivity index (χ4n) is 26.0. The number of pyridine rings is 12. The highest BCUT2D eigenvalue weighted by molar-refractivity contribution is 6.21. The van der Waals surface area contributed by atoms with Crippen LogP contribution in [-0.4, -0.2) is 77.4 Å². The molecule has 8 aliphatic carbocycles. The summed E-state index contributed by atoms with van der Waals surface area (Å²) in [4.78, 5) is 55.5. The lowest BCUT2D eigenvalue weighted by Gasteiger charge is -2.13. The number of fused-ring (bicyclic) bond motifs is 59. The number of hydrogen-bond acceptors (Lipinski definition) is 12. The third-order valence-corrected chi connectivity index (χ3v) is 32.0. The average Bonchev–Trinajstić information content (AvgIpc) is 1.56. The summed E-state index contributed by atoms with van der Waals surface area (Å²) in [6.45, 7) is 0. The quantitative estimate of drug-likeness (QED) is 0.132. The first-order valence-electron chi connectivity index (χ1n) is 48.1. The predicted octanol–water partition coefficient (Wildman–Crippen LogP) is 26.9. The van der Waals surface area contributed by atoms with E-state index >= 15 is 0 Å². The third kappa shape index (κ3) is 10.3. The van der Waals surface area contributed by atoms with Gasteiger partial charge < -0.3 is 0 Å². The van der Waals surface area contributed by atoms with Gasteiger partial charge >= 0.3 is 0 Å². The van der Waals surface area contributed by atoms with E-state index in [0.29, 0.717) is 0 Å². The standard InChI is InChI=1S/4C31H18N4/c1-2-4-21-17(3-1)9-18-10-19-11-20-12-27-26(14-25(20)24(19)13-23(18)21)22-5-7-32-15-29(22)35-30-16-33-8-6-28(30)34-31(27)35;1-2-4-20-17(3-1)12-25-21(20)6-5-18-11-19-13-26-24(14-23(19)30(18)25)22-7-9-32-15-28(22)35-29-16-33-10-8-27(29)34-31(26)35;1-2-4-19-17(3-1)11-24-20(19)5-6-21-23-14-26-22-7-9-32-15-29(22)35-30-16-33-10-8-28(30)34-31(35)27(26)13-18(23)12-25(21)24;1-2-4-21-17(3-1)11-18-5-6-19-12-20-13-25-24(14-23(20)30(19)29(18)21)22-7-9-32-15-27(22)35-28-16-33-10-8-26(28)34-31(25)35/h1-8,10,12-16H,9,11H2;3*1-10,13-16H,11-12H2. The molecule has 12 aromatic carbocycles. The normalized spacial score (nSPS) is 13.5. The van der Waals surface area contributed by atoms with E-state index in [0.717, 1.165) is 140 Å². The molecule has 28 aromatic rings. The van der Waals surface area contributed by atoms with Crippen LogP contribution in [0.4, 0.5) is 0 Å². The van der Waals surface area contributed by atoms with Crippen molar-refractivity contribution in [2.75, 3.05) is 0 Å². The molecule has 0 spiro atoms. The van der Waals surface area contributed by atoms with Crippen LogP contribution in [0, 0.1) is 0 Å². The summed E-state index contributed by atoms with van der Waals surface area (Å²) in [5, 5.41) is 14.4. The van der Waals surface area contributed by atoms with Gasteiger partial charge in [0, 0.05) is 92.7 Å². The van der Waals surface area contributed by atoms with Crippen LogP contribution in [0.3, 0.4) is 0 Å². The van der Waals surface area contributed by atoms with Crippen LogP contribution in [0.15, 0.2) is 342 Å². The molecule has 140 heavy (non-hydrogen) atoms. The second-order valence-corrected chi connectivity index (χ2v) is 38.9. The van der Waals surface area contributed by atoms with Gasteiger partial charge in [0.2, 0.25) is 0 Å². The minimum absolute atomic E-state index is 0.955. The van der Waals surface area contributed by atoms with Gasteiger partial charge in [-0.3, -0.25) is 57.5 Å². The Morgan fingerprint density at radius 1 is 0.157 bits per heavy atom. The lowest BCUT2D eigenvalue weighted by atomic mass is 9.92. The second kappa shape index (κ2) is 27.7. The van der Waals surface area contributed by atoms with Gasteiger partial charge in [-0.1, -0.05) is 140 Å². The number of nitrogens with zero attached hydrogens (tertiary/aromatic N) is 16. The monoisotopic (exact) mass is 1780 g/mol. The van der Waals surface area contributed by atoms with E-state index in [4.69, 9.17) is 19.9 Å². The molecule has 0 radical (unpaired) electrons. The van der Waals surface area contributed by atoms with Gasteiger partial charge in [-0.15, -0.1) is 0 Å². The Kier molecular flexibility index (Phi) is 14.9. The predicted molar refractivity (Wildman–Crippen MR) is 559 cm³/mol. The SMILES string of the molecule is c1ccc2c(c1)Cc1c-2ccc2c1-c1cc3c4ccncc4n4c5cnccc5nc4c3cc1C2.c1ccc2c(c1)Cc1c-2ccc2c1Cc1cc3c(cc1-2)c1ccncc1n1c2cnccc2nc31.c1ccc2c(c1)Cc1cc3c(cc1-2)-c1cc2c4ccncc4n4c5cnccc5nc4c2cc1C3.c1ccc2c(c1)Cc1ccc3c(c1-2)-c1cc2c4ccncc4n4c5cnccc5nc4c2cc1C3. The summed E-state index contributed by atoms with van der Waals surface area (Å²) in [5.74, 6) is 0. The van der Waals surface area contributed by atoms with Crippen LogP contribution < -0.4 is 0 Å². The summed E-state index contributed by atoms with van der Waals surface area (Å²) in [6, 6.07) is 89.9. The molecule has 0 saturated heterocycles. The van der Waals surface area contributed by atoms with Crippen LogP contribution in [0.2, 0.25) is 0 Å². The molecule has 0 amide bonds. The van der Waals surface area contributed by atoms with Gasteiger partial charge in [-0.2, -0.15) is 0 Å². The fraction of sp³-hybridized carbons (Fsp3) is 0.0645. The van der Waals surface area contributed by atoms with E-state index in [1.807, 2.05) is 123 Å². The first kappa shape index (κ1) is 75.1. The molecule has 648 valence electrons. The number of hydrogen-bond donors (Lipinski definition) is 0. The molecule has 0 bridgehead atoms. The van der Waals surface area contributed by atoms with Crippen molar-refractivity contribution in [3.05, 3.63) is 431 Å². The van der Waals surface area contributed by atoms with E-state index in [1.165, 1.54) is 243 Å². The minimum Gasteiger partial charge on any atom is -0.289 e. The summed E-state index contributed by atoms with van der Waals surface area (Å²) >= 11 is 0. The Hall–Kier alpha value is -18.3. The molecule has 0 unspecified atom stereocenters. The van der Waals surface area contributed by atoms with Crippen LogP contribution in [0.25, 0.3) is 242 Å². The van der Waals surface area contributed by atoms with Gasteiger partial charge in [0.1, 0.15) is 22.6 Å². The molecule has 36 rings (SSSR count). The Balaban J connectivity index is 0.0000000829. The van der Waals surface area contributed by atoms with Crippen LogP contribution >= 0.6 is 0 Å². The lowest BCUT2D eigenvalue weighted by molar-refractivity contribution is 1.16. The van der Waals surface area contributed by atoms with Crippen molar-refractivity contribution in [1.29, 1.82) is 0 Å². The Morgan fingerprint density at radius 2 is 0.421 bits per heavy atom. The van der Waals surface area contributed by atoms with Crippen LogP contribution in [-0.2, 0) is 51.4 Å². The zero-order chi connectivity index (χ0) is 90.7. The molecule has 16 aromatic heterocycles. The highest BCUT2D eigenvalue weighted by Gasteiger charge is 2.36. The number of imidazole rings is 4. The molecular formula is C124H72N16. The first-order chi connectivity index (χ1) is 69.4. The van der Waals surface area contributed by atoms with E-state index in [2.05, 4.69) is 276 Å². The van der Waals surface area contributed by atoms with Crippen molar-refractivity contribution in [3.8, 4) is 89.0 Å². The lowest BCUT2D eigenvalue weighted by Crippen LogP contribution is -1.94. The molecule has 0 atom stereocenters. The maximum atomic E-state index is 5.05. The minimum atomic E-state index is 0.955. The van der Waals surface area contributed by atoms with Crippen LogP contribution in [0.5, 0.6) is 0 Å². The van der Waals surface area contributed by atoms with E-state index in [-0.39, 0.29) is 0 Å². The molecule has 16 nitrogen and oxygen atoms in total. The van der Waals surface area contributed by atoms with Crippen molar-refractivity contribution in [2.45, 2.75) is 51.4 Å². The van der Waals surface area contributed by atoms with Crippen molar-refractivity contribution in [3.63, 3.8) is 0 Å². The van der Waals surface area contributed by atoms with E-state index in [1.54, 1.807) is 0 Å². The second-order valence-electron chi connectivity index (χ2n) is 38.9. The van der Waals surface area contributed by atoms with Crippen molar-refractivity contribution in [2.24, 2.45) is 0 Å². The highest BCUT2D eigenvalue weighted by Crippen LogP contribution is 2.56. The third-order valence-electron chi connectivity index (χ3n) is 32.0. The summed E-state index contributed by atoms with van der Waals surface area (Å²) in [6.07, 6.45) is 38.1. The maximum absolute atomic E-state index is 5.05. The van der Waals surface area contributed by atoms with Gasteiger partial charge in [0.05, 0.1) is 116 Å².